The zero-order chi connectivity index (χ0) is 14.4. The van der Waals surface area contributed by atoms with Gasteiger partial charge in [0.15, 0.2) is 0 Å². The van der Waals surface area contributed by atoms with Crippen molar-refractivity contribution < 1.29 is 19.5 Å². The molecule has 0 aliphatic heterocycles. The van der Waals surface area contributed by atoms with Crippen LogP contribution >= 0.6 is 0 Å². The van der Waals surface area contributed by atoms with E-state index in [-0.39, 0.29) is 12.5 Å². The maximum atomic E-state index is 12.0. The minimum atomic E-state index is -0.895. The SMILES string of the molecule is O=C(O)[C@H]1CCCC[C@H]1C(=O)NOCc1ccccc1. The van der Waals surface area contributed by atoms with Gasteiger partial charge in [-0.3, -0.25) is 14.4 Å². The Balaban J connectivity index is 1.83. The van der Waals surface area contributed by atoms with Crippen molar-refractivity contribution >= 4 is 11.9 Å². The molecule has 1 aliphatic rings. The Morgan fingerprint density at radius 3 is 2.45 bits per heavy atom. The van der Waals surface area contributed by atoms with Crippen molar-refractivity contribution in [3.63, 3.8) is 0 Å². The first-order valence-electron chi connectivity index (χ1n) is 6.87. The predicted molar refractivity (Wildman–Crippen MR) is 72.5 cm³/mol. The monoisotopic (exact) mass is 277 g/mol. The lowest BCUT2D eigenvalue weighted by atomic mass is 9.79. The number of hydroxylamine groups is 1. The summed E-state index contributed by atoms with van der Waals surface area (Å²) in [7, 11) is 0. The molecule has 1 aliphatic carbocycles. The highest BCUT2D eigenvalue weighted by atomic mass is 16.6. The zero-order valence-corrected chi connectivity index (χ0v) is 11.2. The van der Waals surface area contributed by atoms with Gasteiger partial charge in [0.1, 0.15) is 0 Å². The lowest BCUT2D eigenvalue weighted by Crippen LogP contribution is -2.39. The second-order valence-electron chi connectivity index (χ2n) is 5.08. The molecule has 2 rings (SSSR count). The molecule has 5 heteroatoms. The van der Waals surface area contributed by atoms with Crippen LogP contribution in [0.3, 0.4) is 0 Å². The molecule has 20 heavy (non-hydrogen) atoms. The summed E-state index contributed by atoms with van der Waals surface area (Å²) in [5, 5.41) is 9.14. The van der Waals surface area contributed by atoms with Gasteiger partial charge in [0.2, 0.25) is 5.91 Å². The highest BCUT2D eigenvalue weighted by molar-refractivity contribution is 5.84. The summed E-state index contributed by atoms with van der Waals surface area (Å²) in [6.45, 7) is 0.275. The number of benzene rings is 1. The van der Waals surface area contributed by atoms with Crippen molar-refractivity contribution in [3.8, 4) is 0 Å². The fraction of sp³-hybridized carbons (Fsp3) is 0.467. The minimum absolute atomic E-state index is 0.275. The van der Waals surface area contributed by atoms with E-state index in [9.17, 15) is 9.59 Å². The van der Waals surface area contributed by atoms with E-state index in [1.807, 2.05) is 30.3 Å². The number of nitrogens with one attached hydrogen (secondary N) is 1. The standard InChI is InChI=1S/C15H19NO4/c17-14(12-8-4-5-9-13(12)15(18)19)16-20-10-11-6-2-1-3-7-11/h1-3,6-7,12-13H,4-5,8-10H2,(H,16,17)(H,18,19)/t12-,13+/m1/s1. The summed E-state index contributed by atoms with van der Waals surface area (Å²) in [6.07, 6.45) is 2.93. The number of hydrogen-bond acceptors (Lipinski definition) is 3. The van der Waals surface area contributed by atoms with E-state index in [4.69, 9.17) is 9.94 Å². The van der Waals surface area contributed by atoms with E-state index in [0.29, 0.717) is 12.8 Å². The summed E-state index contributed by atoms with van der Waals surface area (Å²) < 4.78 is 0. The number of carbonyl (C=O) groups is 2. The average molecular weight is 277 g/mol. The number of aliphatic carboxylic acids is 1. The van der Waals surface area contributed by atoms with Crippen LogP contribution in [0.2, 0.25) is 0 Å². The molecule has 0 bridgehead atoms. The van der Waals surface area contributed by atoms with Crippen LogP contribution in [0, 0.1) is 11.8 Å². The van der Waals surface area contributed by atoms with Gasteiger partial charge in [0, 0.05) is 0 Å². The smallest absolute Gasteiger partial charge is 0.307 e. The first-order chi connectivity index (χ1) is 9.68. The van der Waals surface area contributed by atoms with Crippen LogP contribution in [0.1, 0.15) is 31.2 Å². The molecule has 0 heterocycles. The van der Waals surface area contributed by atoms with Gasteiger partial charge in [-0.25, -0.2) is 5.48 Å². The van der Waals surface area contributed by atoms with Gasteiger partial charge >= 0.3 is 5.97 Å². The van der Waals surface area contributed by atoms with Crippen LogP contribution in [-0.4, -0.2) is 17.0 Å². The van der Waals surface area contributed by atoms with Gasteiger partial charge in [-0.2, -0.15) is 0 Å². The molecule has 2 atom stereocenters. The maximum absolute atomic E-state index is 12.0. The molecule has 1 saturated carbocycles. The first-order valence-corrected chi connectivity index (χ1v) is 6.87. The first kappa shape index (κ1) is 14.5. The van der Waals surface area contributed by atoms with Gasteiger partial charge in [0.25, 0.3) is 0 Å². The second kappa shape index (κ2) is 7.05. The molecule has 0 spiro atoms. The van der Waals surface area contributed by atoms with Crippen molar-refractivity contribution in [1.29, 1.82) is 0 Å². The Morgan fingerprint density at radius 1 is 1.15 bits per heavy atom. The van der Waals surface area contributed by atoms with Crippen molar-refractivity contribution in [3.05, 3.63) is 35.9 Å². The topological polar surface area (TPSA) is 75.6 Å². The molecular formula is C15H19NO4. The van der Waals surface area contributed by atoms with Crippen LogP contribution in [0.4, 0.5) is 0 Å². The third-order valence-corrected chi connectivity index (χ3v) is 3.67. The number of carboxylic acid groups (broad SMARTS) is 1. The van der Waals surface area contributed by atoms with Gasteiger partial charge in [0.05, 0.1) is 18.4 Å². The van der Waals surface area contributed by atoms with Gasteiger partial charge in [-0.1, -0.05) is 43.2 Å². The molecule has 0 aromatic heterocycles. The number of carbonyl (C=O) groups excluding carboxylic acids is 1. The third kappa shape index (κ3) is 3.81. The van der Waals surface area contributed by atoms with Crippen molar-refractivity contribution in [2.45, 2.75) is 32.3 Å². The summed E-state index contributed by atoms with van der Waals surface area (Å²) in [5.41, 5.74) is 3.33. The number of amides is 1. The van der Waals surface area contributed by atoms with Crippen molar-refractivity contribution in [2.24, 2.45) is 11.8 Å². The average Bonchev–Trinajstić information content (AvgIpc) is 2.48. The molecule has 5 nitrogen and oxygen atoms in total. The van der Waals surface area contributed by atoms with Crippen molar-refractivity contribution in [1.82, 2.24) is 5.48 Å². The number of carboxylic acids is 1. The summed E-state index contributed by atoms with van der Waals surface area (Å²) in [4.78, 5) is 28.3. The maximum Gasteiger partial charge on any atom is 0.307 e. The highest BCUT2D eigenvalue weighted by Crippen LogP contribution is 2.30. The Bertz CT molecular complexity index is 460. The minimum Gasteiger partial charge on any atom is -0.481 e. The van der Waals surface area contributed by atoms with Crippen LogP contribution in [0.25, 0.3) is 0 Å². The van der Waals surface area contributed by atoms with Gasteiger partial charge in [-0.05, 0) is 18.4 Å². The van der Waals surface area contributed by atoms with Crippen LogP contribution in [0.5, 0.6) is 0 Å². The summed E-state index contributed by atoms with van der Waals surface area (Å²) in [6, 6.07) is 9.48. The molecule has 0 unspecified atom stereocenters. The Morgan fingerprint density at radius 2 is 1.80 bits per heavy atom. The van der Waals surface area contributed by atoms with Gasteiger partial charge in [-0.15, -0.1) is 0 Å². The fourth-order valence-electron chi connectivity index (χ4n) is 2.58. The van der Waals surface area contributed by atoms with Gasteiger partial charge < -0.3 is 5.11 Å². The largest absolute Gasteiger partial charge is 0.481 e. The predicted octanol–water partition coefficient (Wildman–Crippen LogP) is 2.13. The molecule has 2 N–H and O–H groups in total. The Labute approximate surface area is 117 Å². The molecule has 1 fully saturated rings. The molecule has 108 valence electrons. The molecule has 1 amide bonds. The molecule has 1 aromatic rings. The summed E-state index contributed by atoms with van der Waals surface area (Å²) >= 11 is 0. The fourth-order valence-corrected chi connectivity index (χ4v) is 2.58. The van der Waals surface area contributed by atoms with E-state index in [1.54, 1.807) is 0 Å². The van der Waals surface area contributed by atoms with Crippen LogP contribution in [0.15, 0.2) is 30.3 Å². The summed E-state index contributed by atoms with van der Waals surface area (Å²) in [5.74, 6) is -2.30. The van der Waals surface area contributed by atoms with E-state index in [2.05, 4.69) is 5.48 Å². The quantitative estimate of drug-likeness (QED) is 0.808. The lowest BCUT2D eigenvalue weighted by Gasteiger charge is -2.27. The Kier molecular flexibility index (Phi) is 5.12. The number of rotatable bonds is 5. The highest BCUT2D eigenvalue weighted by Gasteiger charge is 2.35. The Hall–Kier alpha value is -1.88. The normalized spacial score (nSPS) is 22.2. The van der Waals surface area contributed by atoms with Crippen LogP contribution < -0.4 is 5.48 Å². The molecule has 0 radical (unpaired) electrons. The number of hydrogen-bond donors (Lipinski definition) is 2. The molecular weight excluding hydrogens is 258 g/mol. The van der Waals surface area contributed by atoms with Crippen LogP contribution in [-0.2, 0) is 21.0 Å². The van der Waals surface area contributed by atoms with E-state index >= 15 is 0 Å². The lowest BCUT2D eigenvalue weighted by molar-refractivity contribution is -0.153. The molecule has 1 aromatic carbocycles. The van der Waals surface area contributed by atoms with E-state index < -0.39 is 17.8 Å². The van der Waals surface area contributed by atoms with E-state index in [1.165, 1.54) is 0 Å². The zero-order valence-electron chi connectivity index (χ0n) is 11.2. The van der Waals surface area contributed by atoms with Crippen molar-refractivity contribution in [2.75, 3.05) is 0 Å². The molecule has 0 saturated heterocycles. The second-order valence-corrected chi connectivity index (χ2v) is 5.08. The van der Waals surface area contributed by atoms with E-state index in [0.717, 1.165) is 18.4 Å². The third-order valence-electron chi connectivity index (χ3n) is 3.67.